The van der Waals surface area contributed by atoms with E-state index in [1.807, 2.05) is 0 Å². The molecule has 6 nitrogen and oxygen atoms in total. The maximum atomic E-state index is 13.1. The van der Waals surface area contributed by atoms with Gasteiger partial charge in [-0.3, -0.25) is 9.69 Å². The molecule has 2 aliphatic heterocycles. The maximum absolute atomic E-state index is 13.1. The molecule has 0 saturated carbocycles. The Kier molecular flexibility index (Phi) is 7.16. The third-order valence-electron chi connectivity index (χ3n) is 6.06. The molecule has 168 valence electrons. The quantitative estimate of drug-likeness (QED) is 0.721. The Hall–Kier alpha value is -1.55. The second-order valence-electron chi connectivity index (χ2n) is 8.19. The Balaban J connectivity index is 1.57. The molecule has 1 atom stereocenters. The first-order chi connectivity index (χ1) is 14.1. The van der Waals surface area contributed by atoms with Crippen LogP contribution in [0.1, 0.15) is 24.0 Å². The van der Waals surface area contributed by atoms with Gasteiger partial charge < -0.3 is 21.3 Å². The molecule has 0 unspecified atom stereocenters. The van der Waals surface area contributed by atoms with E-state index < -0.39 is 23.5 Å². The number of carbonyl (C=O) groups excluding carboxylic acids is 1. The van der Waals surface area contributed by atoms with Crippen LogP contribution in [-0.2, 0) is 17.4 Å². The number of halogens is 4. The number of nitrogen functional groups attached to an aromatic ring is 1. The SMILES string of the molecule is CN1CCN(C2CCN(C(=O)[C@H]([NH-])Cc3cc(Cl)c(N)c(C(F)(F)F)c3)CC2)CC1. The lowest BCUT2D eigenvalue weighted by Crippen LogP contribution is -2.53. The van der Waals surface area contributed by atoms with Gasteiger partial charge in [-0.2, -0.15) is 13.2 Å². The maximum Gasteiger partial charge on any atom is 0.418 e. The molecule has 3 N–H and O–H groups in total. The van der Waals surface area contributed by atoms with Crippen LogP contribution in [0.25, 0.3) is 5.73 Å². The van der Waals surface area contributed by atoms with Crippen molar-refractivity contribution in [3.8, 4) is 0 Å². The number of nitrogens with zero attached hydrogens (tertiary/aromatic N) is 3. The number of piperidine rings is 1. The van der Waals surface area contributed by atoms with Gasteiger partial charge in [-0.25, -0.2) is 0 Å². The van der Waals surface area contributed by atoms with Crippen LogP contribution < -0.4 is 5.73 Å². The van der Waals surface area contributed by atoms with Crippen LogP contribution in [0.4, 0.5) is 18.9 Å². The number of anilines is 1. The fourth-order valence-electron chi connectivity index (χ4n) is 4.21. The number of piperazine rings is 1. The van der Waals surface area contributed by atoms with Crippen LogP contribution in [0.2, 0.25) is 5.02 Å². The van der Waals surface area contributed by atoms with Gasteiger partial charge >= 0.3 is 6.18 Å². The third-order valence-corrected chi connectivity index (χ3v) is 6.38. The molecule has 2 fully saturated rings. The van der Waals surface area contributed by atoms with E-state index in [4.69, 9.17) is 23.1 Å². The lowest BCUT2D eigenvalue weighted by atomic mass is 9.99. The molecule has 0 radical (unpaired) electrons. The summed E-state index contributed by atoms with van der Waals surface area (Å²) in [5.41, 5.74) is 12.3. The van der Waals surface area contributed by atoms with Crippen molar-refractivity contribution in [1.29, 1.82) is 0 Å². The molecule has 0 aliphatic carbocycles. The van der Waals surface area contributed by atoms with Crippen molar-refractivity contribution in [3.63, 3.8) is 0 Å². The second kappa shape index (κ2) is 9.30. The normalized spacial score (nSPS) is 21.1. The number of carbonyl (C=O) groups is 1. The number of alkyl halides is 3. The first kappa shape index (κ1) is 23.1. The smallest absolute Gasteiger partial charge is 0.418 e. The van der Waals surface area contributed by atoms with Crippen LogP contribution >= 0.6 is 11.6 Å². The Bertz CT molecular complexity index is 760. The summed E-state index contributed by atoms with van der Waals surface area (Å²) >= 11 is 5.85. The van der Waals surface area contributed by atoms with Crippen molar-refractivity contribution in [1.82, 2.24) is 14.7 Å². The summed E-state index contributed by atoms with van der Waals surface area (Å²) in [6.45, 7) is 5.27. The molecule has 1 amide bonds. The van der Waals surface area contributed by atoms with Gasteiger partial charge in [0.1, 0.15) is 0 Å². The Morgan fingerprint density at radius 3 is 2.37 bits per heavy atom. The van der Waals surface area contributed by atoms with E-state index in [1.165, 1.54) is 6.07 Å². The highest BCUT2D eigenvalue weighted by atomic mass is 35.5. The van der Waals surface area contributed by atoms with Gasteiger partial charge in [0.2, 0.25) is 5.91 Å². The zero-order valence-corrected chi connectivity index (χ0v) is 17.8. The highest BCUT2D eigenvalue weighted by molar-refractivity contribution is 6.33. The minimum absolute atomic E-state index is 0.139. The van der Waals surface area contributed by atoms with Crippen molar-refractivity contribution < 1.29 is 18.0 Å². The number of likely N-dealkylation sites (N-methyl/N-ethyl adjacent to an activating group) is 1. The molecular weight excluding hydrogens is 419 g/mol. The number of benzene rings is 1. The molecule has 0 bridgehead atoms. The molecular formula is C20H28ClF3N5O-. The van der Waals surface area contributed by atoms with E-state index in [1.54, 1.807) is 4.90 Å². The molecule has 30 heavy (non-hydrogen) atoms. The van der Waals surface area contributed by atoms with Gasteiger partial charge in [-0.05, 0) is 44.0 Å². The average Bonchev–Trinajstić information content (AvgIpc) is 2.70. The second-order valence-corrected chi connectivity index (χ2v) is 8.60. The van der Waals surface area contributed by atoms with Crippen LogP contribution in [0.15, 0.2) is 12.1 Å². The topological polar surface area (TPSA) is 76.6 Å². The fraction of sp³-hybridized carbons (Fsp3) is 0.650. The lowest BCUT2D eigenvalue weighted by Gasteiger charge is -2.43. The number of nitrogens with one attached hydrogen (secondary N) is 1. The summed E-state index contributed by atoms with van der Waals surface area (Å²) in [7, 11) is 2.11. The summed E-state index contributed by atoms with van der Waals surface area (Å²) in [5, 5.41) is -0.215. The zero-order chi connectivity index (χ0) is 22.1. The van der Waals surface area contributed by atoms with Crippen molar-refractivity contribution in [2.24, 2.45) is 0 Å². The highest BCUT2D eigenvalue weighted by Crippen LogP contribution is 2.38. The molecule has 1 aromatic rings. The standard InChI is InChI=1S/C20H28ClF3N5O/c1-27-6-8-28(9-7-27)14-2-4-29(5-3-14)19(30)17(25)12-13-10-15(20(22,23)24)18(26)16(21)11-13/h10-11,14,17,25H,2-9,12,26H2,1H3/q-1/t17-/m1/s1. The fourth-order valence-corrected chi connectivity index (χ4v) is 4.45. The predicted octanol–water partition coefficient (Wildman–Crippen LogP) is 3.14. The van der Waals surface area contributed by atoms with E-state index in [-0.39, 0.29) is 22.9 Å². The summed E-state index contributed by atoms with van der Waals surface area (Å²) in [4.78, 5) is 19.1. The van der Waals surface area contributed by atoms with E-state index in [0.717, 1.165) is 45.1 Å². The van der Waals surface area contributed by atoms with Crippen molar-refractivity contribution in [2.75, 3.05) is 52.0 Å². The van der Waals surface area contributed by atoms with Crippen LogP contribution in [0.3, 0.4) is 0 Å². The number of amides is 1. The molecule has 2 saturated heterocycles. The Morgan fingerprint density at radius 2 is 1.80 bits per heavy atom. The van der Waals surface area contributed by atoms with Crippen LogP contribution in [-0.4, -0.2) is 79.0 Å². The van der Waals surface area contributed by atoms with Crippen molar-refractivity contribution in [3.05, 3.63) is 34.0 Å². The number of rotatable bonds is 4. The number of nitrogens with two attached hydrogens (primary N) is 1. The minimum Gasteiger partial charge on any atom is -0.667 e. The summed E-state index contributed by atoms with van der Waals surface area (Å²) < 4.78 is 39.4. The first-order valence-electron chi connectivity index (χ1n) is 10.1. The minimum atomic E-state index is -4.64. The summed E-state index contributed by atoms with van der Waals surface area (Å²) in [6.07, 6.45) is -3.07. The summed E-state index contributed by atoms with van der Waals surface area (Å²) in [6, 6.07) is 1.46. The monoisotopic (exact) mass is 446 g/mol. The number of likely N-dealkylation sites (tertiary alicyclic amines) is 1. The third kappa shape index (κ3) is 5.38. The van der Waals surface area contributed by atoms with Crippen LogP contribution in [0, 0.1) is 0 Å². The average molecular weight is 447 g/mol. The van der Waals surface area contributed by atoms with Crippen LogP contribution in [0.5, 0.6) is 0 Å². The molecule has 1 aromatic carbocycles. The molecule has 0 spiro atoms. The molecule has 3 rings (SSSR count). The highest BCUT2D eigenvalue weighted by Gasteiger charge is 2.34. The van der Waals surface area contributed by atoms with Gasteiger partial charge in [0, 0.05) is 45.3 Å². The molecule has 2 aliphatic rings. The van der Waals surface area contributed by atoms with E-state index >= 15 is 0 Å². The Labute approximate surface area is 179 Å². The van der Waals surface area contributed by atoms with E-state index in [9.17, 15) is 18.0 Å². The molecule has 2 heterocycles. The largest absolute Gasteiger partial charge is 0.667 e. The lowest BCUT2D eigenvalue weighted by molar-refractivity contribution is -0.137. The van der Waals surface area contributed by atoms with E-state index in [0.29, 0.717) is 19.1 Å². The zero-order valence-electron chi connectivity index (χ0n) is 17.0. The molecule has 10 heteroatoms. The van der Waals surface area contributed by atoms with Gasteiger partial charge in [0.15, 0.2) is 0 Å². The Morgan fingerprint density at radius 1 is 1.20 bits per heavy atom. The number of hydrogen-bond donors (Lipinski definition) is 1. The van der Waals surface area contributed by atoms with Gasteiger partial charge in [0.05, 0.1) is 16.3 Å². The molecule has 0 aromatic heterocycles. The van der Waals surface area contributed by atoms with Gasteiger partial charge in [-0.1, -0.05) is 17.6 Å². The van der Waals surface area contributed by atoms with E-state index in [2.05, 4.69) is 16.8 Å². The van der Waals surface area contributed by atoms with Gasteiger partial charge in [0.25, 0.3) is 0 Å². The van der Waals surface area contributed by atoms with Gasteiger partial charge in [-0.15, -0.1) is 0 Å². The first-order valence-corrected chi connectivity index (χ1v) is 10.5. The number of hydrogen-bond acceptors (Lipinski definition) is 4. The van der Waals surface area contributed by atoms with Crippen molar-refractivity contribution >= 4 is 23.2 Å². The van der Waals surface area contributed by atoms with Crippen molar-refractivity contribution in [2.45, 2.75) is 37.5 Å². The predicted molar refractivity (Wildman–Crippen MR) is 111 cm³/mol. The summed E-state index contributed by atoms with van der Waals surface area (Å²) in [5.74, 6) is -0.353.